The third-order valence-electron chi connectivity index (χ3n) is 9.66. The molecule has 0 aliphatic rings. The Kier molecular flexibility index (Phi) is 6.18. The topological polar surface area (TPSA) is 38.9 Å². The highest BCUT2D eigenvalue weighted by Crippen LogP contribution is 2.40. The highest BCUT2D eigenvalue weighted by Gasteiger charge is 2.19. The minimum atomic E-state index is 0.679. The lowest BCUT2D eigenvalue weighted by Crippen LogP contribution is -1.93. The van der Waals surface area contributed by atoms with Crippen molar-refractivity contribution in [3.05, 3.63) is 170 Å². The fourth-order valence-electron chi connectivity index (χ4n) is 7.30. The number of furan rings is 1. The van der Waals surface area contributed by atoms with Crippen LogP contribution in [0.4, 0.5) is 0 Å². The Morgan fingerprint density at radius 3 is 1.47 bits per heavy atom. The first-order valence-corrected chi connectivity index (χ1v) is 16.6. The van der Waals surface area contributed by atoms with Crippen LogP contribution >= 0.6 is 0 Å². The molecule has 0 saturated carbocycles. The Hall–Kier alpha value is -6.58. The number of aromatic nitrogens is 2. The summed E-state index contributed by atoms with van der Waals surface area (Å²) in [5.41, 5.74) is 9.67. The standard InChI is InChI=1S/C46H28N2O/c1-3-12-29(13-4-1)43-45-44(48-46(47-43)30-14-5-2-6-15-30)41-28-34(23-25-42(41)49-45)32-17-11-16-31(26-32)33-22-24-39-37-20-8-7-18-35(37)36-19-9-10-21-38(36)40(39)27-33/h1-28H. The van der Waals surface area contributed by atoms with E-state index in [0.29, 0.717) is 11.4 Å². The monoisotopic (exact) mass is 624 g/mol. The van der Waals surface area contributed by atoms with Crippen molar-refractivity contribution < 1.29 is 4.42 Å². The van der Waals surface area contributed by atoms with E-state index in [0.717, 1.165) is 44.4 Å². The fourth-order valence-corrected chi connectivity index (χ4v) is 7.30. The lowest BCUT2D eigenvalue weighted by atomic mass is 9.91. The van der Waals surface area contributed by atoms with Gasteiger partial charge in [0.15, 0.2) is 11.4 Å². The van der Waals surface area contributed by atoms with Crippen LogP contribution in [0.3, 0.4) is 0 Å². The molecule has 0 atom stereocenters. The van der Waals surface area contributed by atoms with Crippen LogP contribution < -0.4 is 0 Å². The van der Waals surface area contributed by atoms with Gasteiger partial charge in [-0.15, -0.1) is 0 Å². The SMILES string of the molecule is c1ccc(-c2nc(-c3ccccc3)c3oc4ccc(-c5cccc(-c6ccc7c8ccccc8c8ccccc8c7c6)c5)cc4c3n2)cc1. The van der Waals surface area contributed by atoms with Crippen molar-refractivity contribution in [3.63, 3.8) is 0 Å². The van der Waals surface area contributed by atoms with Crippen molar-refractivity contribution in [1.82, 2.24) is 9.97 Å². The second-order valence-corrected chi connectivity index (χ2v) is 12.6. The van der Waals surface area contributed by atoms with Gasteiger partial charge in [0.05, 0.1) is 0 Å². The third-order valence-corrected chi connectivity index (χ3v) is 9.66. The normalized spacial score (nSPS) is 11.7. The summed E-state index contributed by atoms with van der Waals surface area (Å²) in [4.78, 5) is 10.1. The molecule has 10 rings (SSSR count). The quantitative estimate of drug-likeness (QED) is 0.183. The second kappa shape index (κ2) is 11.0. The summed E-state index contributed by atoms with van der Waals surface area (Å²) in [7, 11) is 0. The Bertz CT molecular complexity index is 2840. The summed E-state index contributed by atoms with van der Waals surface area (Å²) < 4.78 is 6.49. The molecule has 0 unspecified atom stereocenters. The third kappa shape index (κ3) is 4.51. The van der Waals surface area contributed by atoms with Gasteiger partial charge in [-0.05, 0) is 78.8 Å². The lowest BCUT2D eigenvalue weighted by Gasteiger charge is -2.12. The van der Waals surface area contributed by atoms with Crippen molar-refractivity contribution in [1.29, 1.82) is 0 Å². The zero-order chi connectivity index (χ0) is 32.3. The second-order valence-electron chi connectivity index (χ2n) is 12.6. The predicted molar refractivity (Wildman–Crippen MR) is 204 cm³/mol. The van der Waals surface area contributed by atoms with Crippen LogP contribution in [0.15, 0.2) is 174 Å². The molecule has 2 aromatic heterocycles. The minimum absolute atomic E-state index is 0.679. The maximum atomic E-state index is 6.49. The zero-order valence-electron chi connectivity index (χ0n) is 26.5. The average Bonchev–Trinajstić information content (AvgIpc) is 3.56. The van der Waals surface area contributed by atoms with Crippen molar-refractivity contribution in [2.45, 2.75) is 0 Å². The summed E-state index contributed by atoms with van der Waals surface area (Å²) in [6.07, 6.45) is 0. The van der Waals surface area contributed by atoms with Gasteiger partial charge in [0, 0.05) is 16.5 Å². The van der Waals surface area contributed by atoms with Gasteiger partial charge < -0.3 is 4.42 Å². The molecular formula is C46H28N2O. The summed E-state index contributed by atoms with van der Waals surface area (Å²) >= 11 is 0. The number of rotatable bonds is 4. The van der Waals surface area contributed by atoms with Gasteiger partial charge in [-0.25, -0.2) is 9.97 Å². The van der Waals surface area contributed by atoms with E-state index < -0.39 is 0 Å². The van der Waals surface area contributed by atoms with Gasteiger partial charge >= 0.3 is 0 Å². The van der Waals surface area contributed by atoms with Gasteiger partial charge in [0.2, 0.25) is 0 Å². The molecular weight excluding hydrogens is 597 g/mol. The fraction of sp³-hybridized carbons (Fsp3) is 0. The predicted octanol–water partition coefficient (Wildman–Crippen LogP) is 12.5. The highest BCUT2D eigenvalue weighted by atomic mass is 16.3. The number of hydrogen-bond acceptors (Lipinski definition) is 3. The van der Waals surface area contributed by atoms with Gasteiger partial charge in [0.1, 0.15) is 16.8 Å². The van der Waals surface area contributed by atoms with Crippen molar-refractivity contribution in [2.75, 3.05) is 0 Å². The molecule has 2 heterocycles. The minimum Gasteiger partial charge on any atom is -0.452 e. The first-order valence-electron chi connectivity index (χ1n) is 16.6. The Morgan fingerprint density at radius 1 is 0.327 bits per heavy atom. The van der Waals surface area contributed by atoms with E-state index in [1.54, 1.807) is 0 Å². The van der Waals surface area contributed by atoms with Gasteiger partial charge in [-0.1, -0.05) is 146 Å². The molecule has 0 spiro atoms. The number of benzene rings is 8. The van der Waals surface area contributed by atoms with Crippen LogP contribution in [0.1, 0.15) is 0 Å². The van der Waals surface area contributed by atoms with Crippen LogP contribution in [0, 0.1) is 0 Å². The Balaban J connectivity index is 1.13. The van der Waals surface area contributed by atoms with Crippen molar-refractivity contribution >= 4 is 54.4 Å². The number of hydrogen-bond donors (Lipinski definition) is 0. The first-order chi connectivity index (χ1) is 24.3. The summed E-state index contributed by atoms with van der Waals surface area (Å²) in [5.74, 6) is 0.679. The number of nitrogens with zero attached hydrogens (tertiary/aromatic N) is 2. The zero-order valence-corrected chi connectivity index (χ0v) is 26.5. The highest BCUT2D eigenvalue weighted by molar-refractivity contribution is 6.25. The van der Waals surface area contributed by atoms with E-state index in [2.05, 4.69) is 121 Å². The van der Waals surface area contributed by atoms with Crippen LogP contribution in [0.25, 0.3) is 99.3 Å². The molecule has 0 aliphatic heterocycles. The van der Waals surface area contributed by atoms with Crippen molar-refractivity contribution in [2.24, 2.45) is 0 Å². The molecule has 3 heteroatoms. The largest absolute Gasteiger partial charge is 0.452 e. The molecule has 3 nitrogen and oxygen atoms in total. The molecule has 0 saturated heterocycles. The molecule has 0 fully saturated rings. The summed E-state index contributed by atoms with van der Waals surface area (Å²) in [6, 6.07) is 59.9. The molecule has 0 aliphatic carbocycles. The number of fused-ring (bicyclic) bond motifs is 9. The van der Waals surface area contributed by atoms with E-state index >= 15 is 0 Å². The van der Waals surface area contributed by atoms with Crippen LogP contribution in [-0.2, 0) is 0 Å². The van der Waals surface area contributed by atoms with Gasteiger partial charge in [-0.2, -0.15) is 0 Å². The summed E-state index contributed by atoms with van der Waals surface area (Å²) in [6.45, 7) is 0. The molecule has 0 N–H and O–H groups in total. The Morgan fingerprint density at radius 2 is 0.816 bits per heavy atom. The van der Waals surface area contributed by atoms with Crippen molar-refractivity contribution in [3.8, 4) is 44.9 Å². The maximum Gasteiger partial charge on any atom is 0.180 e. The average molecular weight is 625 g/mol. The van der Waals surface area contributed by atoms with Gasteiger partial charge in [0.25, 0.3) is 0 Å². The van der Waals surface area contributed by atoms with Crippen LogP contribution in [0.5, 0.6) is 0 Å². The van der Waals surface area contributed by atoms with E-state index in [4.69, 9.17) is 14.4 Å². The van der Waals surface area contributed by atoms with E-state index in [9.17, 15) is 0 Å². The van der Waals surface area contributed by atoms with E-state index in [1.165, 1.54) is 43.4 Å². The molecule has 10 aromatic rings. The maximum absolute atomic E-state index is 6.49. The lowest BCUT2D eigenvalue weighted by molar-refractivity contribution is 0.667. The summed E-state index contributed by atoms with van der Waals surface area (Å²) in [5, 5.41) is 8.65. The molecule has 0 bridgehead atoms. The van der Waals surface area contributed by atoms with Crippen LogP contribution in [0.2, 0.25) is 0 Å². The van der Waals surface area contributed by atoms with Gasteiger partial charge in [-0.3, -0.25) is 0 Å². The molecule has 0 amide bonds. The molecule has 49 heavy (non-hydrogen) atoms. The smallest absolute Gasteiger partial charge is 0.180 e. The van der Waals surface area contributed by atoms with Crippen LogP contribution in [-0.4, -0.2) is 9.97 Å². The Labute approximate surface area is 282 Å². The molecule has 8 aromatic carbocycles. The van der Waals surface area contributed by atoms with E-state index in [-0.39, 0.29) is 0 Å². The molecule has 228 valence electrons. The first kappa shape index (κ1) is 27.5. The molecule has 0 radical (unpaired) electrons. The van der Waals surface area contributed by atoms with E-state index in [1.807, 2.05) is 48.5 Å².